The van der Waals surface area contributed by atoms with Crippen molar-refractivity contribution in [1.29, 1.82) is 0 Å². The average Bonchev–Trinajstić information content (AvgIpc) is 3.41. The van der Waals surface area contributed by atoms with Crippen molar-refractivity contribution >= 4 is 16.9 Å². The molecule has 1 fully saturated rings. The van der Waals surface area contributed by atoms with Crippen LogP contribution in [-0.2, 0) is 17.9 Å². The van der Waals surface area contributed by atoms with Crippen molar-refractivity contribution in [3.63, 3.8) is 0 Å². The predicted molar refractivity (Wildman–Crippen MR) is 92.5 cm³/mol. The quantitative estimate of drug-likeness (QED) is 0.778. The fourth-order valence-corrected chi connectivity index (χ4v) is 3.04. The van der Waals surface area contributed by atoms with Crippen molar-refractivity contribution in [3.8, 4) is 0 Å². The molecule has 0 unspecified atom stereocenters. The molecule has 25 heavy (non-hydrogen) atoms. The van der Waals surface area contributed by atoms with Gasteiger partial charge in [0.25, 0.3) is 0 Å². The van der Waals surface area contributed by atoms with Gasteiger partial charge in [0, 0.05) is 23.7 Å². The maximum atomic E-state index is 14.1. The zero-order valence-electron chi connectivity index (χ0n) is 14.0. The molecule has 0 atom stereocenters. The van der Waals surface area contributed by atoms with Gasteiger partial charge in [-0.05, 0) is 49.4 Å². The third-order valence-electron chi connectivity index (χ3n) is 4.59. The summed E-state index contributed by atoms with van der Waals surface area (Å²) in [5.41, 5.74) is 3.06. The number of hydrogen-bond donors (Lipinski definition) is 1. The SMILES string of the molecule is Cc1nn(CC(=O)NCc2ccc(C3CC3)cc2F)c2ncccc12. The Kier molecular flexibility index (Phi) is 3.95. The van der Waals surface area contributed by atoms with Gasteiger partial charge in [0.2, 0.25) is 5.91 Å². The first-order chi connectivity index (χ1) is 12.1. The smallest absolute Gasteiger partial charge is 0.242 e. The minimum atomic E-state index is -0.258. The lowest BCUT2D eigenvalue weighted by Crippen LogP contribution is -2.28. The Labute approximate surface area is 144 Å². The molecule has 1 amide bonds. The lowest BCUT2D eigenvalue weighted by Gasteiger charge is -2.08. The van der Waals surface area contributed by atoms with E-state index >= 15 is 0 Å². The number of aromatic nitrogens is 3. The average molecular weight is 338 g/mol. The van der Waals surface area contributed by atoms with Gasteiger partial charge >= 0.3 is 0 Å². The maximum Gasteiger partial charge on any atom is 0.242 e. The molecule has 5 nitrogen and oxygen atoms in total. The van der Waals surface area contributed by atoms with Gasteiger partial charge in [-0.1, -0.05) is 12.1 Å². The van der Waals surface area contributed by atoms with Gasteiger partial charge in [0.1, 0.15) is 12.4 Å². The van der Waals surface area contributed by atoms with Crippen LogP contribution in [0.3, 0.4) is 0 Å². The number of benzene rings is 1. The fraction of sp³-hybridized carbons (Fsp3) is 0.316. The molecule has 2 aromatic heterocycles. The van der Waals surface area contributed by atoms with Crippen LogP contribution < -0.4 is 5.32 Å². The highest BCUT2D eigenvalue weighted by Crippen LogP contribution is 2.40. The Hall–Kier alpha value is -2.76. The number of halogens is 1. The minimum absolute atomic E-state index is 0.0587. The first-order valence-corrected chi connectivity index (χ1v) is 8.45. The lowest BCUT2D eigenvalue weighted by atomic mass is 10.1. The molecule has 1 aromatic carbocycles. The number of nitrogens with one attached hydrogen (secondary N) is 1. The van der Waals surface area contributed by atoms with Gasteiger partial charge in [-0.2, -0.15) is 5.10 Å². The second kappa shape index (κ2) is 6.27. The van der Waals surface area contributed by atoms with Gasteiger partial charge in [-0.25, -0.2) is 14.1 Å². The van der Waals surface area contributed by atoms with Gasteiger partial charge in [0.15, 0.2) is 5.65 Å². The summed E-state index contributed by atoms with van der Waals surface area (Å²) in [5.74, 6) is 0.0365. The van der Waals surface area contributed by atoms with Crippen LogP contribution >= 0.6 is 0 Å². The summed E-state index contributed by atoms with van der Waals surface area (Å²) in [6, 6.07) is 9.08. The molecule has 1 aliphatic rings. The molecule has 1 N–H and O–H groups in total. The van der Waals surface area contributed by atoms with E-state index < -0.39 is 0 Å². The summed E-state index contributed by atoms with van der Waals surface area (Å²) in [4.78, 5) is 16.5. The van der Waals surface area contributed by atoms with E-state index in [1.165, 1.54) is 0 Å². The maximum absolute atomic E-state index is 14.1. The molecule has 6 heteroatoms. The number of rotatable bonds is 5. The standard InChI is InChI=1S/C19H19FN4O/c1-12-16-3-2-8-21-19(16)24(23-12)11-18(25)22-10-15-7-6-14(9-17(15)20)13-4-5-13/h2-3,6-9,13H,4-5,10-11H2,1H3,(H,22,25). The van der Waals surface area contributed by atoms with Crippen LogP contribution in [0.25, 0.3) is 11.0 Å². The molecular formula is C19H19FN4O. The first kappa shape index (κ1) is 15.7. The van der Waals surface area contributed by atoms with E-state index in [4.69, 9.17) is 0 Å². The second-order valence-corrected chi connectivity index (χ2v) is 6.52. The molecule has 0 saturated heterocycles. The molecule has 1 saturated carbocycles. The van der Waals surface area contributed by atoms with Crippen molar-refractivity contribution < 1.29 is 9.18 Å². The minimum Gasteiger partial charge on any atom is -0.350 e. The van der Waals surface area contributed by atoms with E-state index in [1.54, 1.807) is 23.0 Å². The van der Waals surface area contributed by atoms with Crippen molar-refractivity contribution in [2.24, 2.45) is 0 Å². The number of nitrogens with zero attached hydrogens (tertiary/aromatic N) is 3. The summed E-state index contributed by atoms with van der Waals surface area (Å²) < 4.78 is 15.7. The molecule has 3 aromatic rings. The molecule has 0 aliphatic heterocycles. The molecule has 0 spiro atoms. The van der Waals surface area contributed by atoms with E-state index in [0.717, 1.165) is 29.5 Å². The summed E-state index contributed by atoms with van der Waals surface area (Å²) in [7, 11) is 0. The van der Waals surface area contributed by atoms with Crippen molar-refractivity contribution in [1.82, 2.24) is 20.1 Å². The zero-order chi connectivity index (χ0) is 17.4. The topological polar surface area (TPSA) is 59.8 Å². The molecule has 0 bridgehead atoms. The van der Waals surface area contributed by atoms with Crippen LogP contribution in [0.15, 0.2) is 36.5 Å². The van der Waals surface area contributed by atoms with Gasteiger partial charge < -0.3 is 5.32 Å². The number of fused-ring (bicyclic) bond motifs is 1. The van der Waals surface area contributed by atoms with E-state index in [2.05, 4.69) is 15.4 Å². The Bertz CT molecular complexity index is 946. The van der Waals surface area contributed by atoms with Crippen LogP contribution in [0, 0.1) is 12.7 Å². The molecule has 2 heterocycles. The third kappa shape index (κ3) is 3.24. The first-order valence-electron chi connectivity index (χ1n) is 8.45. The Morgan fingerprint density at radius 3 is 2.96 bits per heavy atom. The second-order valence-electron chi connectivity index (χ2n) is 6.52. The number of aryl methyl sites for hydroxylation is 1. The van der Waals surface area contributed by atoms with Crippen LogP contribution in [0.1, 0.15) is 35.6 Å². The molecule has 1 aliphatic carbocycles. The van der Waals surface area contributed by atoms with Gasteiger partial charge in [0.05, 0.1) is 5.69 Å². The number of hydrogen-bond acceptors (Lipinski definition) is 3. The molecule has 4 rings (SSSR count). The number of pyridine rings is 1. The van der Waals surface area contributed by atoms with Crippen LogP contribution in [-0.4, -0.2) is 20.7 Å². The highest BCUT2D eigenvalue weighted by atomic mass is 19.1. The van der Waals surface area contributed by atoms with Crippen molar-refractivity contribution in [2.45, 2.75) is 38.8 Å². The monoisotopic (exact) mass is 338 g/mol. The largest absolute Gasteiger partial charge is 0.350 e. The van der Waals surface area contributed by atoms with E-state index in [9.17, 15) is 9.18 Å². The lowest BCUT2D eigenvalue weighted by molar-refractivity contribution is -0.121. The van der Waals surface area contributed by atoms with Gasteiger partial charge in [-0.3, -0.25) is 4.79 Å². The van der Waals surface area contributed by atoms with E-state index in [-0.39, 0.29) is 24.8 Å². The molecule has 128 valence electrons. The van der Waals surface area contributed by atoms with Crippen LogP contribution in [0.2, 0.25) is 0 Å². The van der Waals surface area contributed by atoms with Crippen LogP contribution in [0.5, 0.6) is 0 Å². The number of amides is 1. The molecule has 0 radical (unpaired) electrons. The number of carbonyl (C=O) groups excluding carboxylic acids is 1. The summed E-state index contributed by atoms with van der Waals surface area (Å²) in [6.45, 7) is 2.11. The Balaban J connectivity index is 1.42. The highest BCUT2D eigenvalue weighted by Gasteiger charge is 2.24. The summed E-state index contributed by atoms with van der Waals surface area (Å²) in [5, 5.41) is 8.05. The zero-order valence-corrected chi connectivity index (χ0v) is 14.0. The molecular weight excluding hydrogens is 319 g/mol. The van der Waals surface area contributed by atoms with E-state index in [0.29, 0.717) is 17.1 Å². The van der Waals surface area contributed by atoms with Crippen molar-refractivity contribution in [2.75, 3.05) is 0 Å². The number of carbonyl (C=O) groups is 1. The summed E-state index contributed by atoms with van der Waals surface area (Å²) >= 11 is 0. The third-order valence-corrected chi connectivity index (χ3v) is 4.59. The fourth-order valence-electron chi connectivity index (χ4n) is 3.04. The van der Waals surface area contributed by atoms with Crippen molar-refractivity contribution in [3.05, 3.63) is 59.2 Å². The van der Waals surface area contributed by atoms with Gasteiger partial charge in [-0.15, -0.1) is 0 Å². The normalized spacial score (nSPS) is 14.0. The van der Waals surface area contributed by atoms with E-state index in [1.807, 2.05) is 25.1 Å². The Morgan fingerprint density at radius 2 is 2.20 bits per heavy atom. The predicted octanol–water partition coefficient (Wildman–Crippen LogP) is 3.07. The highest BCUT2D eigenvalue weighted by molar-refractivity contribution is 5.81. The van der Waals surface area contributed by atoms with Crippen LogP contribution in [0.4, 0.5) is 4.39 Å². The Morgan fingerprint density at radius 1 is 1.36 bits per heavy atom. The summed E-state index contributed by atoms with van der Waals surface area (Å²) in [6.07, 6.45) is 3.95.